The largest absolute Gasteiger partial charge is 0.342 e. The normalized spacial score (nSPS) is 12.9. The molecule has 1 aromatic carbocycles. The van der Waals surface area contributed by atoms with Crippen LogP contribution in [0.1, 0.15) is 110 Å². The Morgan fingerprint density at radius 3 is 1.95 bits per heavy atom. The molecule has 0 saturated heterocycles. The third-order valence-corrected chi connectivity index (χ3v) is 7.23. The van der Waals surface area contributed by atoms with Gasteiger partial charge in [-0.2, -0.15) is 0 Å². The van der Waals surface area contributed by atoms with Gasteiger partial charge in [0.1, 0.15) is 17.3 Å². The summed E-state index contributed by atoms with van der Waals surface area (Å²) in [5.41, 5.74) is 1.10. The Balaban J connectivity index is 3.18. The number of carbonyl (C=O) groups excluding carboxylic acids is 6. The Hall–Kier alpha value is -3.20. The summed E-state index contributed by atoms with van der Waals surface area (Å²) in [6.07, 6.45) is 1.26. The smallest absolute Gasteiger partial charge is 0.251 e. The third-order valence-electron chi connectivity index (χ3n) is 7.23. The number of amides is 2. The molecule has 0 heterocycles. The minimum Gasteiger partial charge on any atom is -0.342 e. The van der Waals surface area contributed by atoms with Gasteiger partial charge in [0.05, 0.1) is 6.04 Å². The van der Waals surface area contributed by atoms with E-state index in [1.807, 2.05) is 27.7 Å². The van der Waals surface area contributed by atoms with Gasteiger partial charge in [-0.1, -0.05) is 62.3 Å². The number of rotatable bonds is 20. The molecule has 0 saturated carbocycles. The molecule has 0 fully saturated rings. The van der Waals surface area contributed by atoms with Gasteiger partial charge < -0.3 is 16.0 Å². The van der Waals surface area contributed by atoms with Gasteiger partial charge in [-0.05, 0) is 42.6 Å². The third kappa shape index (κ3) is 14.2. The van der Waals surface area contributed by atoms with Gasteiger partial charge in [-0.3, -0.25) is 28.8 Å². The van der Waals surface area contributed by atoms with E-state index >= 15 is 0 Å². The second-order valence-corrected chi connectivity index (χ2v) is 12.8. The molecule has 0 aliphatic rings. The minimum absolute atomic E-state index is 0.00175. The van der Waals surface area contributed by atoms with Crippen LogP contribution in [-0.2, 0) is 30.4 Å². The summed E-state index contributed by atoms with van der Waals surface area (Å²) in [4.78, 5) is 76.4. The number of benzene rings is 1. The lowest BCUT2D eigenvalue weighted by atomic mass is 9.88. The van der Waals surface area contributed by atoms with Gasteiger partial charge >= 0.3 is 0 Å². The highest BCUT2D eigenvalue weighted by Crippen LogP contribution is 2.20. The summed E-state index contributed by atoms with van der Waals surface area (Å²) in [6, 6.07) is 4.28. The standard InChI is InChI=1S/C34H53N3O6/c1-20(2)29(39)12-13-31(41)36-27-17-25(18-28(38)11-10-14-35-23(7)8)16-26(19-27)34(43)37-32(21(3)4)30(40)15-24(9)33(42)22(5)6/h16-17,19-24,32,35H,10-15,18H2,1-9H3,(H,36,41)(H,37,43)/t24-,32+/m1/s1. The maximum Gasteiger partial charge on any atom is 0.251 e. The van der Waals surface area contributed by atoms with Crippen molar-refractivity contribution in [2.75, 3.05) is 11.9 Å². The molecule has 3 N–H and O–H groups in total. The molecule has 1 rings (SSSR count). The van der Waals surface area contributed by atoms with Gasteiger partial charge in [0.2, 0.25) is 5.91 Å². The number of Topliss-reactive ketones (excluding diaryl/α,β-unsaturated/α-hetero) is 4. The van der Waals surface area contributed by atoms with Crippen molar-refractivity contribution in [3.05, 3.63) is 29.3 Å². The second kappa shape index (κ2) is 18.5. The molecule has 0 bridgehead atoms. The molecular formula is C34H53N3O6. The first-order valence-electron chi connectivity index (χ1n) is 15.6. The van der Waals surface area contributed by atoms with E-state index in [4.69, 9.17) is 0 Å². The fraction of sp³-hybridized carbons (Fsp3) is 0.647. The highest BCUT2D eigenvalue weighted by molar-refractivity contribution is 6.01. The van der Waals surface area contributed by atoms with E-state index in [-0.39, 0.29) is 78.0 Å². The maximum atomic E-state index is 13.5. The van der Waals surface area contributed by atoms with Crippen LogP contribution in [0.15, 0.2) is 18.2 Å². The van der Waals surface area contributed by atoms with E-state index in [0.717, 1.165) is 0 Å². The number of carbonyl (C=O) groups is 6. The van der Waals surface area contributed by atoms with Crippen molar-refractivity contribution in [2.24, 2.45) is 23.7 Å². The lowest BCUT2D eigenvalue weighted by Crippen LogP contribution is -2.45. The highest BCUT2D eigenvalue weighted by Gasteiger charge is 2.28. The Bertz CT molecular complexity index is 1140. The van der Waals surface area contributed by atoms with Crippen molar-refractivity contribution in [3.63, 3.8) is 0 Å². The van der Waals surface area contributed by atoms with Crippen LogP contribution >= 0.6 is 0 Å². The molecular weight excluding hydrogens is 546 g/mol. The van der Waals surface area contributed by atoms with Gasteiger partial charge in [0.15, 0.2) is 5.78 Å². The molecule has 0 radical (unpaired) electrons. The molecule has 43 heavy (non-hydrogen) atoms. The van der Waals surface area contributed by atoms with Crippen molar-refractivity contribution in [2.45, 2.75) is 113 Å². The van der Waals surface area contributed by atoms with E-state index in [0.29, 0.717) is 36.7 Å². The Labute approximate surface area is 257 Å². The monoisotopic (exact) mass is 599 g/mol. The lowest BCUT2D eigenvalue weighted by Gasteiger charge is -2.23. The van der Waals surface area contributed by atoms with Crippen LogP contribution in [0.2, 0.25) is 0 Å². The quantitative estimate of drug-likeness (QED) is 0.177. The van der Waals surface area contributed by atoms with Crippen LogP contribution in [0.3, 0.4) is 0 Å². The highest BCUT2D eigenvalue weighted by atomic mass is 16.2. The molecule has 9 nitrogen and oxygen atoms in total. The fourth-order valence-corrected chi connectivity index (χ4v) is 4.68. The second-order valence-electron chi connectivity index (χ2n) is 12.8. The molecule has 0 unspecified atom stereocenters. The van der Waals surface area contributed by atoms with E-state index in [2.05, 4.69) is 16.0 Å². The summed E-state index contributed by atoms with van der Waals surface area (Å²) in [6.45, 7) is 17.3. The molecule has 0 aliphatic heterocycles. The Morgan fingerprint density at radius 2 is 1.40 bits per heavy atom. The van der Waals surface area contributed by atoms with Crippen LogP contribution in [0.25, 0.3) is 0 Å². The number of hydrogen-bond donors (Lipinski definition) is 3. The summed E-state index contributed by atoms with van der Waals surface area (Å²) in [5, 5.41) is 8.87. The van der Waals surface area contributed by atoms with E-state index in [1.165, 1.54) is 6.07 Å². The van der Waals surface area contributed by atoms with Gasteiger partial charge in [0.25, 0.3) is 5.91 Å². The Morgan fingerprint density at radius 1 is 0.744 bits per heavy atom. The maximum absolute atomic E-state index is 13.5. The van der Waals surface area contributed by atoms with Crippen molar-refractivity contribution < 1.29 is 28.8 Å². The van der Waals surface area contributed by atoms with E-state index in [9.17, 15) is 28.8 Å². The molecule has 0 spiro atoms. The fourth-order valence-electron chi connectivity index (χ4n) is 4.68. The average molecular weight is 600 g/mol. The molecule has 0 aliphatic carbocycles. The van der Waals surface area contributed by atoms with Gasteiger partial charge in [-0.25, -0.2) is 0 Å². The zero-order valence-corrected chi connectivity index (χ0v) is 27.6. The SMILES string of the molecule is CC(C)NCCCC(=O)Cc1cc(NC(=O)CCC(=O)C(C)C)cc(C(=O)N[C@H](C(=O)C[C@@H](C)C(=O)C(C)C)C(C)C)c1. The summed E-state index contributed by atoms with van der Waals surface area (Å²) in [5.74, 6) is -2.18. The first-order valence-corrected chi connectivity index (χ1v) is 15.6. The number of nitrogens with one attached hydrogen (secondary N) is 3. The van der Waals surface area contributed by atoms with Crippen molar-refractivity contribution in [1.82, 2.24) is 10.6 Å². The first kappa shape index (κ1) is 37.8. The van der Waals surface area contributed by atoms with Crippen LogP contribution in [-0.4, -0.2) is 53.6 Å². The van der Waals surface area contributed by atoms with Crippen LogP contribution < -0.4 is 16.0 Å². The van der Waals surface area contributed by atoms with Crippen LogP contribution in [0.5, 0.6) is 0 Å². The van der Waals surface area contributed by atoms with Crippen molar-refractivity contribution in [1.29, 1.82) is 0 Å². The minimum atomic E-state index is -0.811. The zero-order valence-electron chi connectivity index (χ0n) is 27.6. The molecule has 0 aromatic heterocycles. The van der Waals surface area contributed by atoms with Crippen molar-refractivity contribution in [3.8, 4) is 0 Å². The molecule has 2 atom stereocenters. The van der Waals surface area contributed by atoms with Crippen LogP contribution in [0, 0.1) is 23.7 Å². The predicted octanol–water partition coefficient (Wildman–Crippen LogP) is 5.10. The molecule has 2 amide bonds. The summed E-state index contributed by atoms with van der Waals surface area (Å²) < 4.78 is 0. The first-order chi connectivity index (χ1) is 20.0. The Kier molecular flexibility index (Phi) is 16.2. The molecule has 9 heteroatoms. The topological polar surface area (TPSA) is 139 Å². The van der Waals surface area contributed by atoms with Gasteiger partial charge in [0, 0.05) is 67.2 Å². The predicted molar refractivity (Wildman–Crippen MR) is 170 cm³/mol. The molecule has 240 valence electrons. The number of anilines is 1. The number of ketones is 4. The van der Waals surface area contributed by atoms with E-state index in [1.54, 1.807) is 46.8 Å². The average Bonchev–Trinajstić information content (AvgIpc) is 2.91. The van der Waals surface area contributed by atoms with Crippen LogP contribution in [0.4, 0.5) is 5.69 Å². The van der Waals surface area contributed by atoms with Crippen molar-refractivity contribution >= 4 is 40.6 Å². The number of hydrogen-bond acceptors (Lipinski definition) is 7. The zero-order chi connectivity index (χ0) is 32.9. The summed E-state index contributed by atoms with van der Waals surface area (Å²) in [7, 11) is 0. The lowest BCUT2D eigenvalue weighted by molar-refractivity contribution is -0.130. The van der Waals surface area contributed by atoms with Gasteiger partial charge in [-0.15, -0.1) is 0 Å². The van der Waals surface area contributed by atoms with E-state index < -0.39 is 17.9 Å². The molecule has 1 aromatic rings. The summed E-state index contributed by atoms with van der Waals surface area (Å²) >= 11 is 0.